The van der Waals surface area contributed by atoms with Gasteiger partial charge in [0.2, 0.25) is 5.91 Å². The molecule has 0 saturated heterocycles. The van der Waals surface area contributed by atoms with Crippen molar-refractivity contribution in [3.63, 3.8) is 0 Å². The average Bonchev–Trinajstić information content (AvgIpc) is 3.01. The Morgan fingerprint density at radius 3 is 3.05 bits per heavy atom. The summed E-state index contributed by atoms with van der Waals surface area (Å²) in [7, 11) is 1.66. The van der Waals surface area contributed by atoms with Crippen LogP contribution in [0.4, 0.5) is 5.69 Å². The van der Waals surface area contributed by atoms with E-state index < -0.39 is 0 Å². The minimum atomic E-state index is 0.0231. The van der Waals surface area contributed by atoms with Crippen LogP contribution in [0.15, 0.2) is 30.3 Å². The minimum Gasteiger partial charge on any atom is -0.378 e. The maximum absolute atomic E-state index is 11.6. The fourth-order valence-electron chi connectivity index (χ4n) is 2.74. The molecule has 110 valence electrons. The highest BCUT2D eigenvalue weighted by molar-refractivity contribution is 7.16. The molecule has 3 rings (SSSR count). The zero-order chi connectivity index (χ0) is 14.8. The van der Waals surface area contributed by atoms with E-state index in [9.17, 15) is 4.79 Å². The second-order valence-corrected chi connectivity index (χ2v) is 6.94. The first-order chi connectivity index (χ1) is 10.2. The predicted octanol–water partition coefficient (Wildman–Crippen LogP) is 3.79. The normalized spacial score (nSPS) is 16.6. The molecule has 1 atom stereocenters. The lowest BCUT2D eigenvalue weighted by atomic mass is 10.1. The van der Waals surface area contributed by atoms with Crippen LogP contribution >= 0.6 is 22.9 Å². The SMILES string of the molecule is CNC(=O)Cc1ccccc1NC1CCc2sc(Cl)cc21. The number of benzene rings is 1. The van der Waals surface area contributed by atoms with Gasteiger partial charge in [-0.25, -0.2) is 0 Å². The smallest absolute Gasteiger partial charge is 0.224 e. The van der Waals surface area contributed by atoms with Crippen LogP contribution in [0.5, 0.6) is 0 Å². The molecule has 0 bridgehead atoms. The van der Waals surface area contributed by atoms with Crippen molar-refractivity contribution >= 4 is 34.5 Å². The second kappa shape index (κ2) is 6.08. The minimum absolute atomic E-state index is 0.0231. The zero-order valence-corrected chi connectivity index (χ0v) is 13.4. The molecule has 0 saturated carbocycles. The topological polar surface area (TPSA) is 41.1 Å². The van der Waals surface area contributed by atoms with E-state index in [-0.39, 0.29) is 11.9 Å². The Balaban J connectivity index is 1.81. The van der Waals surface area contributed by atoms with Gasteiger partial charge in [0.25, 0.3) is 0 Å². The van der Waals surface area contributed by atoms with Gasteiger partial charge in [-0.1, -0.05) is 29.8 Å². The molecule has 5 heteroatoms. The van der Waals surface area contributed by atoms with E-state index in [0.717, 1.165) is 28.4 Å². The van der Waals surface area contributed by atoms with Crippen molar-refractivity contribution in [3.05, 3.63) is 50.7 Å². The van der Waals surface area contributed by atoms with Crippen molar-refractivity contribution in [2.75, 3.05) is 12.4 Å². The van der Waals surface area contributed by atoms with Gasteiger partial charge in [0.15, 0.2) is 0 Å². The Morgan fingerprint density at radius 1 is 1.43 bits per heavy atom. The van der Waals surface area contributed by atoms with Crippen LogP contribution in [0.3, 0.4) is 0 Å². The molecule has 1 aliphatic rings. The van der Waals surface area contributed by atoms with Gasteiger partial charge in [-0.3, -0.25) is 4.79 Å². The molecule has 0 fully saturated rings. The summed E-state index contributed by atoms with van der Waals surface area (Å²) in [6.45, 7) is 0. The molecule has 1 heterocycles. The van der Waals surface area contributed by atoms with Crippen LogP contribution in [0.1, 0.15) is 28.5 Å². The maximum Gasteiger partial charge on any atom is 0.224 e. The number of hydrogen-bond donors (Lipinski definition) is 2. The second-order valence-electron chi connectivity index (χ2n) is 5.17. The highest BCUT2D eigenvalue weighted by atomic mass is 35.5. The standard InChI is InChI=1S/C16H17ClN2OS/c1-18-16(20)8-10-4-2-3-5-12(10)19-13-6-7-14-11(13)9-15(17)21-14/h2-5,9,13,19H,6-8H2,1H3,(H,18,20). The van der Waals surface area contributed by atoms with Crippen LogP contribution in [-0.4, -0.2) is 13.0 Å². The van der Waals surface area contributed by atoms with E-state index in [1.807, 2.05) is 24.3 Å². The number of rotatable bonds is 4. The lowest BCUT2D eigenvalue weighted by Gasteiger charge is -2.17. The third kappa shape index (κ3) is 3.06. The van der Waals surface area contributed by atoms with Crippen molar-refractivity contribution in [2.45, 2.75) is 25.3 Å². The van der Waals surface area contributed by atoms with Crippen molar-refractivity contribution < 1.29 is 4.79 Å². The van der Waals surface area contributed by atoms with Crippen LogP contribution < -0.4 is 10.6 Å². The van der Waals surface area contributed by atoms with Crippen LogP contribution in [0.2, 0.25) is 4.34 Å². The highest BCUT2D eigenvalue weighted by Crippen LogP contribution is 2.41. The Morgan fingerprint density at radius 2 is 2.24 bits per heavy atom. The zero-order valence-electron chi connectivity index (χ0n) is 11.8. The molecule has 3 nitrogen and oxygen atoms in total. The first kappa shape index (κ1) is 14.4. The number of likely N-dealkylation sites (N-methyl/N-ethyl adjacent to an activating group) is 1. The average molecular weight is 321 g/mol. The maximum atomic E-state index is 11.6. The summed E-state index contributed by atoms with van der Waals surface area (Å²) in [6, 6.07) is 10.3. The van der Waals surface area contributed by atoms with Gasteiger partial charge in [-0.2, -0.15) is 0 Å². The fourth-order valence-corrected chi connectivity index (χ4v) is 4.10. The summed E-state index contributed by atoms with van der Waals surface area (Å²) in [5.41, 5.74) is 3.35. The van der Waals surface area contributed by atoms with Gasteiger partial charge in [-0.05, 0) is 36.1 Å². The summed E-state index contributed by atoms with van der Waals surface area (Å²) >= 11 is 7.77. The molecule has 0 radical (unpaired) electrons. The van der Waals surface area contributed by atoms with E-state index in [4.69, 9.17) is 11.6 Å². The van der Waals surface area contributed by atoms with E-state index in [1.165, 1.54) is 10.4 Å². The van der Waals surface area contributed by atoms with Gasteiger partial charge >= 0.3 is 0 Å². The van der Waals surface area contributed by atoms with Crippen LogP contribution in [0.25, 0.3) is 0 Å². The third-order valence-electron chi connectivity index (χ3n) is 3.82. The van der Waals surface area contributed by atoms with Crippen molar-refractivity contribution in [3.8, 4) is 0 Å². The first-order valence-electron chi connectivity index (χ1n) is 7.00. The van der Waals surface area contributed by atoms with E-state index in [2.05, 4.69) is 16.7 Å². The highest BCUT2D eigenvalue weighted by Gasteiger charge is 2.25. The van der Waals surface area contributed by atoms with E-state index in [0.29, 0.717) is 6.42 Å². The Labute approximate surface area is 133 Å². The summed E-state index contributed by atoms with van der Waals surface area (Å²) in [5.74, 6) is 0.0231. The lowest BCUT2D eigenvalue weighted by molar-refractivity contribution is -0.119. The number of carbonyl (C=O) groups excluding carboxylic acids is 1. The quantitative estimate of drug-likeness (QED) is 0.900. The summed E-state index contributed by atoms with van der Waals surface area (Å²) in [6.07, 6.45) is 2.54. The Kier molecular flexibility index (Phi) is 4.17. The third-order valence-corrected chi connectivity index (χ3v) is 5.16. The number of hydrogen-bond acceptors (Lipinski definition) is 3. The van der Waals surface area contributed by atoms with Gasteiger partial charge < -0.3 is 10.6 Å². The van der Waals surface area contributed by atoms with Gasteiger partial charge in [0.05, 0.1) is 16.8 Å². The summed E-state index contributed by atoms with van der Waals surface area (Å²) in [4.78, 5) is 13.0. The number of aryl methyl sites for hydroxylation is 1. The number of fused-ring (bicyclic) bond motifs is 1. The number of amides is 1. The summed E-state index contributed by atoms with van der Waals surface area (Å²) < 4.78 is 0.852. The molecule has 0 spiro atoms. The molecule has 1 aliphatic carbocycles. The Bertz CT molecular complexity index is 668. The summed E-state index contributed by atoms with van der Waals surface area (Å²) in [5, 5.41) is 6.25. The number of thiophene rings is 1. The molecule has 1 unspecified atom stereocenters. The number of carbonyl (C=O) groups is 1. The number of anilines is 1. The number of para-hydroxylation sites is 1. The predicted molar refractivity (Wildman–Crippen MR) is 88.2 cm³/mol. The van der Waals surface area contributed by atoms with E-state index in [1.54, 1.807) is 18.4 Å². The number of halogens is 1. The van der Waals surface area contributed by atoms with E-state index >= 15 is 0 Å². The molecule has 1 aromatic carbocycles. The molecular weight excluding hydrogens is 304 g/mol. The van der Waals surface area contributed by atoms with Crippen LogP contribution in [-0.2, 0) is 17.6 Å². The molecule has 0 aliphatic heterocycles. The molecule has 2 aromatic rings. The molecule has 1 aromatic heterocycles. The van der Waals surface area contributed by atoms with Crippen molar-refractivity contribution in [1.29, 1.82) is 0 Å². The lowest BCUT2D eigenvalue weighted by Crippen LogP contribution is -2.21. The van der Waals surface area contributed by atoms with Crippen molar-refractivity contribution in [1.82, 2.24) is 5.32 Å². The van der Waals surface area contributed by atoms with Gasteiger partial charge in [0, 0.05) is 17.6 Å². The fraction of sp³-hybridized carbons (Fsp3) is 0.312. The van der Waals surface area contributed by atoms with Gasteiger partial charge in [-0.15, -0.1) is 11.3 Å². The molecular formula is C16H17ClN2OS. The van der Waals surface area contributed by atoms with Gasteiger partial charge in [0.1, 0.15) is 0 Å². The van der Waals surface area contributed by atoms with Crippen molar-refractivity contribution in [2.24, 2.45) is 0 Å². The van der Waals surface area contributed by atoms with Crippen LogP contribution in [0, 0.1) is 0 Å². The largest absolute Gasteiger partial charge is 0.378 e. The Hall–Kier alpha value is -1.52. The number of nitrogens with one attached hydrogen (secondary N) is 2. The molecule has 2 N–H and O–H groups in total. The molecule has 1 amide bonds. The first-order valence-corrected chi connectivity index (χ1v) is 8.20. The monoisotopic (exact) mass is 320 g/mol. The molecule has 21 heavy (non-hydrogen) atoms.